The van der Waals surface area contributed by atoms with Gasteiger partial charge in [-0.15, -0.1) is 6.58 Å². The lowest BCUT2D eigenvalue weighted by atomic mass is 10.0. The fourth-order valence-corrected chi connectivity index (χ4v) is 4.72. The van der Waals surface area contributed by atoms with Crippen LogP contribution < -0.4 is 14.4 Å². The zero-order chi connectivity index (χ0) is 25.7. The van der Waals surface area contributed by atoms with E-state index in [1.807, 2.05) is 13.0 Å². The van der Waals surface area contributed by atoms with E-state index in [0.29, 0.717) is 40.8 Å². The number of anilines is 1. The van der Waals surface area contributed by atoms with Crippen molar-refractivity contribution in [3.8, 4) is 11.5 Å². The third-order valence-corrected chi connectivity index (χ3v) is 6.38. The number of ether oxygens (including phenoxy) is 2. The molecule has 4 rings (SSSR count). The van der Waals surface area contributed by atoms with Gasteiger partial charge < -0.3 is 9.47 Å². The number of carbonyl (C=O) groups excluding carboxylic acids is 2. The van der Waals surface area contributed by atoms with E-state index in [1.165, 1.54) is 12.1 Å². The van der Waals surface area contributed by atoms with E-state index in [1.54, 1.807) is 54.6 Å². The summed E-state index contributed by atoms with van der Waals surface area (Å²) < 4.78 is 25.2. The number of hydrogen-bond donors (Lipinski definition) is 0. The smallest absolute Gasteiger partial charge is 0.298 e. The zero-order valence-electron chi connectivity index (χ0n) is 19.5. The average molecular weight is 524 g/mol. The molecule has 0 saturated carbocycles. The molecule has 0 N–H and O–H groups in total. The molecule has 5 nitrogen and oxygen atoms in total. The van der Waals surface area contributed by atoms with Crippen molar-refractivity contribution in [2.24, 2.45) is 0 Å². The fraction of sp³-hybridized carbons (Fsp3) is 0.143. The maximum Gasteiger partial charge on any atom is 0.298 e. The van der Waals surface area contributed by atoms with Gasteiger partial charge in [0.2, 0.25) is 0 Å². The topological polar surface area (TPSA) is 55.8 Å². The second-order valence-electron chi connectivity index (χ2n) is 7.85. The summed E-state index contributed by atoms with van der Waals surface area (Å²) in [4.78, 5) is 27.1. The monoisotopic (exact) mass is 523 g/mol. The molecule has 0 unspecified atom stereocenters. The van der Waals surface area contributed by atoms with Gasteiger partial charge in [0.15, 0.2) is 11.5 Å². The standard InChI is InChI=1S/C28H23ClFNO4S/c1-3-6-20-13-19(14-24(34-4-2)26(20)35-17-18-9-11-22(30)12-10-18)15-25-27(32)31(28(33)36-25)23-8-5-7-21(29)16-23/h3,5,7-16H,1,4,6,17H2,2H3/b25-15+. The van der Waals surface area contributed by atoms with Crippen molar-refractivity contribution in [3.05, 3.63) is 106 Å². The van der Waals surface area contributed by atoms with Gasteiger partial charge in [0.1, 0.15) is 12.4 Å². The molecule has 1 heterocycles. The van der Waals surface area contributed by atoms with E-state index >= 15 is 0 Å². The van der Waals surface area contributed by atoms with Gasteiger partial charge in [0.25, 0.3) is 11.1 Å². The molecule has 1 fully saturated rings. The van der Waals surface area contributed by atoms with Crippen molar-refractivity contribution in [2.75, 3.05) is 11.5 Å². The van der Waals surface area contributed by atoms with Gasteiger partial charge >= 0.3 is 0 Å². The lowest BCUT2D eigenvalue weighted by Crippen LogP contribution is -2.27. The molecular weight excluding hydrogens is 501 g/mol. The van der Waals surface area contributed by atoms with E-state index in [4.69, 9.17) is 21.1 Å². The summed E-state index contributed by atoms with van der Waals surface area (Å²) in [6.45, 7) is 6.32. The van der Waals surface area contributed by atoms with Gasteiger partial charge in [-0.2, -0.15) is 0 Å². The van der Waals surface area contributed by atoms with Crippen molar-refractivity contribution < 1.29 is 23.5 Å². The van der Waals surface area contributed by atoms with Crippen LogP contribution in [0, 0.1) is 5.82 Å². The summed E-state index contributed by atoms with van der Waals surface area (Å²) in [5.41, 5.74) is 2.71. The molecule has 0 aliphatic carbocycles. The Bertz CT molecular complexity index is 1340. The summed E-state index contributed by atoms with van der Waals surface area (Å²) >= 11 is 6.91. The summed E-state index contributed by atoms with van der Waals surface area (Å²) in [6.07, 6.45) is 3.89. The maximum absolute atomic E-state index is 13.2. The van der Waals surface area contributed by atoms with Crippen molar-refractivity contribution in [3.63, 3.8) is 0 Å². The minimum atomic E-state index is -0.424. The Labute approximate surface area is 218 Å². The van der Waals surface area contributed by atoms with Crippen molar-refractivity contribution >= 4 is 46.3 Å². The highest BCUT2D eigenvalue weighted by Crippen LogP contribution is 2.39. The molecule has 0 spiro atoms. The fourth-order valence-electron chi connectivity index (χ4n) is 3.69. The Hall–Kier alpha value is -3.55. The molecule has 0 aromatic heterocycles. The molecule has 1 aliphatic heterocycles. The highest BCUT2D eigenvalue weighted by Gasteiger charge is 2.36. The zero-order valence-corrected chi connectivity index (χ0v) is 21.1. The third-order valence-electron chi connectivity index (χ3n) is 5.27. The van der Waals surface area contributed by atoms with Gasteiger partial charge in [0, 0.05) is 10.6 Å². The molecule has 3 aromatic rings. The van der Waals surface area contributed by atoms with Crippen LogP contribution in [0.15, 0.2) is 78.2 Å². The summed E-state index contributed by atoms with van der Waals surface area (Å²) in [7, 11) is 0. The average Bonchev–Trinajstić information content (AvgIpc) is 3.12. The largest absolute Gasteiger partial charge is 0.490 e. The van der Waals surface area contributed by atoms with Crippen molar-refractivity contribution in [2.45, 2.75) is 20.0 Å². The number of hydrogen-bond acceptors (Lipinski definition) is 5. The molecule has 0 atom stereocenters. The van der Waals surface area contributed by atoms with E-state index < -0.39 is 11.1 Å². The quantitative estimate of drug-likeness (QED) is 0.216. The first-order chi connectivity index (χ1) is 17.4. The Kier molecular flexibility index (Phi) is 8.13. The van der Waals surface area contributed by atoms with Crippen LogP contribution in [0.3, 0.4) is 0 Å². The van der Waals surface area contributed by atoms with Gasteiger partial charge in [-0.3, -0.25) is 9.59 Å². The van der Waals surface area contributed by atoms with Crippen LogP contribution in [0.5, 0.6) is 11.5 Å². The first-order valence-electron chi connectivity index (χ1n) is 11.2. The van der Waals surface area contributed by atoms with Crippen molar-refractivity contribution in [1.82, 2.24) is 0 Å². The number of amides is 2. The Morgan fingerprint density at radius 2 is 1.86 bits per heavy atom. The second-order valence-corrected chi connectivity index (χ2v) is 9.27. The summed E-state index contributed by atoms with van der Waals surface area (Å²) in [5, 5.41) is 0.0336. The minimum absolute atomic E-state index is 0.225. The first-order valence-corrected chi connectivity index (χ1v) is 12.4. The number of benzene rings is 3. The number of allylic oxidation sites excluding steroid dienone is 1. The Morgan fingerprint density at radius 3 is 2.56 bits per heavy atom. The van der Waals surface area contributed by atoms with Crippen LogP contribution in [0.25, 0.3) is 6.08 Å². The molecule has 1 saturated heterocycles. The summed E-state index contributed by atoms with van der Waals surface area (Å²) in [6, 6.07) is 16.3. The van der Waals surface area contributed by atoms with E-state index in [-0.39, 0.29) is 17.3 Å². The molecule has 36 heavy (non-hydrogen) atoms. The number of thioether (sulfide) groups is 1. The number of rotatable bonds is 9. The van der Waals surface area contributed by atoms with Crippen LogP contribution in [-0.4, -0.2) is 17.8 Å². The molecule has 8 heteroatoms. The lowest BCUT2D eigenvalue weighted by Gasteiger charge is -2.17. The van der Waals surface area contributed by atoms with E-state index in [9.17, 15) is 14.0 Å². The van der Waals surface area contributed by atoms with E-state index in [0.717, 1.165) is 27.8 Å². The Morgan fingerprint density at radius 1 is 1.08 bits per heavy atom. The van der Waals surface area contributed by atoms with E-state index in [2.05, 4.69) is 6.58 Å². The molecule has 0 bridgehead atoms. The predicted octanol–water partition coefficient (Wildman–Crippen LogP) is 7.43. The van der Waals surface area contributed by atoms with Crippen LogP contribution >= 0.6 is 23.4 Å². The van der Waals surface area contributed by atoms with Crippen LogP contribution in [0.2, 0.25) is 5.02 Å². The molecule has 0 radical (unpaired) electrons. The summed E-state index contributed by atoms with van der Waals surface area (Å²) in [5.74, 6) is 0.307. The number of halogens is 2. The first kappa shape index (κ1) is 25.5. The predicted molar refractivity (Wildman–Crippen MR) is 142 cm³/mol. The van der Waals surface area contributed by atoms with Crippen LogP contribution in [0.4, 0.5) is 14.9 Å². The minimum Gasteiger partial charge on any atom is -0.490 e. The highest BCUT2D eigenvalue weighted by molar-refractivity contribution is 8.19. The molecule has 184 valence electrons. The van der Waals surface area contributed by atoms with Gasteiger partial charge in [-0.1, -0.05) is 35.9 Å². The van der Waals surface area contributed by atoms with Crippen molar-refractivity contribution in [1.29, 1.82) is 0 Å². The number of carbonyl (C=O) groups is 2. The van der Waals surface area contributed by atoms with Crippen LogP contribution in [0.1, 0.15) is 23.6 Å². The molecular formula is C28H23ClFNO4S. The molecule has 1 aliphatic rings. The second kappa shape index (κ2) is 11.5. The lowest BCUT2D eigenvalue weighted by molar-refractivity contribution is -0.113. The van der Waals surface area contributed by atoms with Gasteiger partial charge in [-0.05, 0) is 84.8 Å². The maximum atomic E-state index is 13.2. The highest BCUT2D eigenvalue weighted by atomic mass is 35.5. The third kappa shape index (κ3) is 5.80. The number of imide groups is 1. The van der Waals surface area contributed by atoms with Gasteiger partial charge in [-0.25, -0.2) is 9.29 Å². The SMILES string of the molecule is C=CCc1cc(/C=C2/SC(=O)N(c3cccc(Cl)c3)C2=O)cc(OCC)c1OCc1ccc(F)cc1. The molecule has 2 amide bonds. The number of nitrogens with zero attached hydrogens (tertiary/aromatic N) is 1. The normalized spacial score (nSPS) is 14.4. The van der Waals surface area contributed by atoms with Gasteiger partial charge in [0.05, 0.1) is 17.2 Å². The molecule has 3 aromatic carbocycles. The van der Waals surface area contributed by atoms with Crippen LogP contribution in [-0.2, 0) is 17.8 Å². The Balaban J connectivity index is 1.66.